The van der Waals surface area contributed by atoms with E-state index in [1.807, 2.05) is 0 Å². The maximum atomic E-state index is 9.66. The summed E-state index contributed by atoms with van der Waals surface area (Å²) in [5, 5.41) is 37.2. The van der Waals surface area contributed by atoms with Crippen LogP contribution in [-0.4, -0.2) is 56.4 Å². The van der Waals surface area contributed by atoms with Crippen LogP contribution in [0.15, 0.2) is 0 Å². The molecule has 1 rings (SSSR count). The molecule has 0 saturated carbocycles. The third-order valence-electron chi connectivity index (χ3n) is 2.34. The molecule has 1 fully saturated rings. The largest absolute Gasteiger partial charge is 0.394 e. The quantitative estimate of drug-likeness (QED) is 0.326. The van der Waals surface area contributed by atoms with Crippen LogP contribution in [0.5, 0.6) is 0 Å². The number of thiol groups is 1. The number of hydrogen-bond acceptors (Lipinski definition) is 6. The summed E-state index contributed by atoms with van der Waals surface area (Å²) < 4.78 is 4.99. The molecule has 1 heterocycles. The lowest BCUT2D eigenvalue weighted by Gasteiger charge is -2.44. The zero-order valence-corrected chi connectivity index (χ0v) is 8.06. The number of aliphatic hydroxyl groups is 4. The first kappa shape index (κ1) is 11.2. The van der Waals surface area contributed by atoms with E-state index in [2.05, 4.69) is 12.6 Å². The van der Waals surface area contributed by atoms with Crippen molar-refractivity contribution >= 4 is 12.6 Å². The molecule has 13 heavy (non-hydrogen) atoms. The second-order valence-electron chi connectivity index (χ2n) is 3.36. The summed E-state index contributed by atoms with van der Waals surface area (Å²) >= 11 is 3.85. The predicted molar refractivity (Wildman–Crippen MR) is 47.4 cm³/mol. The van der Waals surface area contributed by atoms with Crippen LogP contribution in [0.3, 0.4) is 0 Å². The van der Waals surface area contributed by atoms with Gasteiger partial charge in [-0.15, -0.1) is 12.6 Å². The Bertz CT molecular complexity index is 182. The van der Waals surface area contributed by atoms with Crippen LogP contribution < -0.4 is 0 Å². The van der Waals surface area contributed by atoms with E-state index in [0.29, 0.717) is 0 Å². The first-order valence-electron chi connectivity index (χ1n) is 3.94. The predicted octanol–water partition coefficient (Wildman–Crippen LogP) is -1.89. The molecular weight excluding hydrogens is 196 g/mol. The Kier molecular flexibility index (Phi) is 3.21. The van der Waals surface area contributed by atoms with E-state index in [1.165, 1.54) is 6.92 Å². The summed E-state index contributed by atoms with van der Waals surface area (Å²) in [7, 11) is 0. The van der Waals surface area contributed by atoms with Crippen molar-refractivity contribution in [3.05, 3.63) is 0 Å². The SMILES string of the molecule is C[C@]1(O)[C@H](O)[C@H](O)[C@@H](S)O[C@@H]1CO. The molecule has 78 valence electrons. The van der Waals surface area contributed by atoms with E-state index in [1.54, 1.807) is 0 Å². The van der Waals surface area contributed by atoms with E-state index in [0.717, 1.165) is 0 Å². The minimum absolute atomic E-state index is 0.437. The standard InChI is InChI=1S/C7H14O5S/c1-7(11)3(2-8)12-6(13)4(9)5(7)10/h3-6,8-11,13H,2H2,1H3/t3-,4+,5-,6-,7-/m1/s1. The molecule has 6 heteroatoms. The van der Waals surface area contributed by atoms with E-state index >= 15 is 0 Å². The van der Waals surface area contributed by atoms with Crippen molar-refractivity contribution in [2.24, 2.45) is 0 Å². The van der Waals surface area contributed by atoms with Gasteiger partial charge in [0.1, 0.15) is 29.3 Å². The molecule has 0 radical (unpaired) electrons. The molecule has 1 aliphatic heterocycles. The topological polar surface area (TPSA) is 90.2 Å². The minimum atomic E-state index is -1.66. The molecule has 5 atom stereocenters. The van der Waals surface area contributed by atoms with Gasteiger partial charge in [-0.25, -0.2) is 0 Å². The van der Waals surface area contributed by atoms with Crippen LogP contribution in [0.2, 0.25) is 0 Å². The van der Waals surface area contributed by atoms with Crippen LogP contribution in [0.1, 0.15) is 6.92 Å². The van der Waals surface area contributed by atoms with Crippen LogP contribution >= 0.6 is 12.6 Å². The summed E-state index contributed by atoms with van der Waals surface area (Å²) in [4.78, 5) is 0. The molecule has 1 saturated heterocycles. The minimum Gasteiger partial charge on any atom is -0.394 e. The van der Waals surface area contributed by atoms with Crippen molar-refractivity contribution in [1.29, 1.82) is 0 Å². The third-order valence-corrected chi connectivity index (χ3v) is 2.76. The van der Waals surface area contributed by atoms with Gasteiger partial charge in [-0.2, -0.15) is 0 Å². The molecular formula is C7H14O5S. The summed E-state index contributed by atoms with van der Waals surface area (Å²) in [6.45, 7) is 0.856. The highest BCUT2D eigenvalue weighted by Crippen LogP contribution is 2.30. The summed E-state index contributed by atoms with van der Waals surface area (Å²) in [5.74, 6) is 0. The molecule has 0 aromatic carbocycles. The van der Waals surface area contributed by atoms with E-state index in [9.17, 15) is 15.3 Å². The average molecular weight is 210 g/mol. The van der Waals surface area contributed by atoms with Gasteiger partial charge < -0.3 is 25.2 Å². The first-order chi connectivity index (χ1) is 5.91. The van der Waals surface area contributed by atoms with Crippen molar-refractivity contribution in [2.75, 3.05) is 6.61 Å². The van der Waals surface area contributed by atoms with E-state index < -0.39 is 36.0 Å². The van der Waals surface area contributed by atoms with E-state index in [4.69, 9.17) is 9.84 Å². The summed E-state index contributed by atoms with van der Waals surface area (Å²) in [6.07, 6.45) is -3.57. The Balaban J connectivity index is 2.82. The Morgan fingerprint density at radius 3 is 2.46 bits per heavy atom. The molecule has 0 aromatic rings. The summed E-state index contributed by atoms with van der Waals surface area (Å²) in [5.41, 5.74) is -2.56. The molecule has 0 aliphatic carbocycles. The first-order valence-corrected chi connectivity index (χ1v) is 4.45. The highest BCUT2D eigenvalue weighted by molar-refractivity contribution is 7.80. The zero-order valence-electron chi connectivity index (χ0n) is 7.16. The third kappa shape index (κ3) is 1.83. The van der Waals surface area contributed by atoms with E-state index in [-0.39, 0.29) is 0 Å². The fraction of sp³-hybridized carbons (Fsp3) is 1.00. The monoisotopic (exact) mass is 210 g/mol. The van der Waals surface area contributed by atoms with Gasteiger partial charge in [0.15, 0.2) is 0 Å². The van der Waals surface area contributed by atoms with Crippen LogP contribution in [0.4, 0.5) is 0 Å². The molecule has 0 unspecified atom stereocenters. The van der Waals surface area contributed by atoms with Gasteiger partial charge in [0.05, 0.1) is 6.61 Å². The van der Waals surface area contributed by atoms with Crippen molar-refractivity contribution in [1.82, 2.24) is 0 Å². The second kappa shape index (κ2) is 3.72. The van der Waals surface area contributed by atoms with Crippen molar-refractivity contribution in [2.45, 2.75) is 36.3 Å². The fourth-order valence-corrected chi connectivity index (χ4v) is 1.62. The molecule has 0 amide bonds. The number of hydrogen-bond donors (Lipinski definition) is 5. The van der Waals surface area contributed by atoms with Crippen LogP contribution in [0, 0.1) is 0 Å². The molecule has 5 nitrogen and oxygen atoms in total. The van der Waals surface area contributed by atoms with Crippen molar-refractivity contribution in [3.63, 3.8) is 0 Å². The Labute approximate surface area is 81.4 Å². The fourth-order valence-electron chi connectivity index (χ4n) is 1.31. The maximum absolute atomic E-state index is 9.66. The lowest BCUT2D eigenvalue weighted by molar-refractivity contribution is -0.250. The number of rotatable bonds is 1. The molecule has 1 aliphatic rings. The van der Waals surface area contributed by atoms with Crippen molar-refractivity contribution in [3.8, 4) is 0 Å². The Hall–Kier alpha value is 0.150. The van der Waals surface area contributed by atoms with Gasteiger partial charge in [-0.05, 0) is 6.92 Å². The van der Waals surface area contributed by atoms with Crippen molar-refractivity contribution < 1.29 is 25.2 Å². The number of ether oxygens (including phenoxy) is 1. The summed E-state index contributed by atoms with van der Waals surface area (Å²) in [6, 6.07) is 0. The van der Waals surface area contributed by atoms with Crippen LogP contribution in [0.25, 0.3) is 0 Å². The highest BCUT2D eigenvalue weighted by Gasteiger charge is 2.50. The maximum Gasteiger partial charge on any atom is 0.129 e. The van der Waals surface area contributed by atoms with Gasteiger partial charge >= 0.3 is 0 Å². The molecule has 0 aromatic heterocycles. The lowest BCUT2D eigenvalue weighted by atomic mass is 9.87. The van der Waals surface area contributed by atoms with Gasteiger partial charge in [0, 0.05) is 0 Å². The number of aliphatic hydroxyl groups excluding tert-OH is 3. The smallest absolute Gasteiger partial charge is 0.129 e. The van der Waals surface area contributed by atoms with Crippen LogP contribution in [-0.2, 0) is 4.74 Å². The molecule has 0 bridgehead atoms. The normalized spacial score (nSPS) is 52.2. The molecule has 4 N–H and O–H groups in total. The van der Waals surface area contributed by atoms with Gasteiger partial charge in [0.2, 0.25) is 0 Å². The van der Waals surface area contributed by atoms with Gasteiger partial charge in [0.25, 0.3) is 0 Å². The Morgan fingerprint density at radius 1 is 1.46 bits per heavy atom. The van der Waals surface area contributed by atoms with Gasteiger partial charge in [-0.1, -0.05) is 0 Å². The zero-order chi connectivity index (χ0) is 10.2. The highest BCUT2D eigenvalue weighted by atomic mass is 32.1. The molecule has 0 spiro atoms. The second-order valence-corrected chi connectivity index (χ2v) is 3.87. The Morgan fingerprint density at radius 2 is 2.00 bits per heavy atom. The lowest BCUT2D eigenvalue weighted by Crippen LogP contribution is -2.64. The van der Waals surface area contributed by atoms with Gasteiger partial charge in [-0.3, -0.25) is 0 Å². The average Bonchev–Trinajstić information content (AvgIpc) is 2.08.